The standard InChI is InChI=1S/C14H16O/c1-14(2)9-8-13(15)12(10-14)11-6-4-3-5-7-11/h3-9,12H,10H2,1-2H3. The average molecular weight is 200 g/mol. The molecule has 0 saturated heterocycles. The van der Waals surface area contributed by atoms with E-state index in [0.29, 0.717) is 0 Å². The third kappa shape index (κ3) is 2.17. The minimum Gasteiger partial charge on any atom is -0.294 e. The Bertz CT molecular complexity index is 387. The third-order valence-electron chi connectivity index (χ3n) is 2.97. The molecule has 1 nitrogen and oxygen atoms in total. The quantitative estimate of drug-likeness (QED) is 0.679. The van der Waals surface area contributed by atoms with Crippen LogP contribution >= 0.6 is 0 Å². The number of carbonyl (C=O) groups is 1. The lowest BCUT2D eigenvalue weighted by molar-refractivity contribution is -0.117. The van der Waals surface area contributed by atoms with Crippen molar-refractivity contribution in [2.75, 3.05) is 0 Å². The van der Waals surface area contributed by atoms with E-state index in [9.17, 15) is 4.79 Å². The second-order valence-electron chi connectivity index (χ2n) is 4.89. The SMILES string of the molecule is CC1(C)C=CC(=O)C(c2ccccc2)C1. The van der Waals surface area contributed by atoms with E-state index in [0.717, 1.165) is 12.0 Å². The lowest BCUT2D eigenvalue weighted by atomic mass is 9.74. The molecule has 1 unspecified atom stereocenters. The summed E-state index contributed by atoms with van der Waals surface area (Å²) in [6, 6.07) is 10.1. The van der Waals surface area contributed by atoms with Gasteiger partial charge in [0.2, 0.25) is 0 Å². The highest BCUT2D eigenvalue weighted by Crippen LogP contribution is 2.37. The summed E-state index contributed by atoms with van der Waals surface area (Å²) in [5, 5.41) is 0. The van der Waals surface area contributed by atoms with Gasteiger partial charge in [0, 0.05) is 5.92 Å². The molecular weight excluding hydrogens is 184 g/mol. The van der Waals surface area contributed by atoms with Crippen LogP contribution in [0.2, 0.25) is 0 Å². The smallest absolute Gasteiger partial charge is 0.162 e. The Hall–Kier alpha value is -1.37. The Balaban J connectivity index is 2.31. The molecule has 15 heavy (non-hydrogen) atoms. The lowest BCUT2D eigenvalue weighted by Crippen LogP contribution is -2.23. The normalized spacial score (nSPS) is 24.1. The summed E-state index contributed by atoms with van der Waals surface area (Å²) in [5.41, 5.74) is 1.27. The van der Waals surface area contributed by atoms with Crippen LogP contribution in [0.5, 0.6) is 0 Å². The summed E-state index contributed by atoms with van der Waals surface area (Å²) in [7, 11) is 0. The van der Waals surface area contributed by atoms with Crippen LogP contribution in [-0.4, -0.2) is 5.78 Å². The topological polar surface area (TPSA) is 17.1 Å². The minimum absolute atomic E-state index is 0.0474. The number of carbonyl (C=O) groups excluding carboxylic acids is 1. The van der Waals surface area contributed by atoms with E-state index in [2.05, 4.69) is 13.8 Å². The third-order valence-corrected chi connectivity index (χ3v) is 2.97. The van der Waals surface area contributed by atoms with Crippen LogP contribution in [0.1, 0.15) is 31.7 Å². The maximum Gasteiger partial charge on any atom is 0.162 e. The van der Waals surface area contributed by atoms with E-state index in [-0.39, 0.29) is 17.1 Å². The molecule has 0 aromatic heterocycles. The van der Waals surface area contributed by atoms with Crippen LogP contribution < -0.4 is 0 Å². The Kier molecular flexibility index (Phi) is 2.47. The molecule has 0 N–H and O–H groups in total. The summed E-state index contributed by atoms with van der Waals surface area (Å²) in [6.45, 7) is 4.34. The van der Waals surface area contributed by atoms with Crippen molar-refractivity contribution >= 4 is 5.78 Å². The maximum absolute atomic E-state index is 11.8. The molecule has 0 bridgehead atoms. The summed E-state index contributed by atoms with van der Waals surface area (Å²) < 4.78 is 0. The number of ketones is 1. The van der Waals surface area contributed by atoms with Gasteiger partial charge in [-0.15, -0.1) is 0 Å². The second kappa shape index (κ2) is 3.65. The summed E-state index contributed by atoms with van der Waals surface area (Å²) >= 11 is 0. The number of hydrogen-bond acceptors (Lipinski definition) is 1. The van der Waals surface area contributed by atoms with E-state index in [1.807, 2.05) is 36.4 Å². The molecule has 1 heteroatoms. The van der Waals surface area contributed by atoms with Crippen LogP contribution in [0.15, 0.2) is 42.5 Å². The molecule has 0 aliphatic heterocycles. The Morgan fingerprint density at radius 2 is 1.87 bits per heavy atom. The highest BCUT2D eigenvalue weighted by Gasteiger charge is 2.30. The van der Waals surface area contributed by atoms with Gasteiger partial charge in [0.25, 0.3) is 0 Å². The molecule has 1 aliphatic rings. The number of hydrogen-bond donors (Lipinski definition) is 0. The van der Waals surface area contributed by atoms with Crippen molar-refractivity contribution in [1.82, 2.24) is 0 Å². The van der Waals surface area contributed by atoms with Gasteiger partial charge in [-0.3, -0.25) is 4.79 Å². The molecule has 78 valence electrons. The van der Waals surface area contributed by atoms with Crippen molar-refractivity contribution in [3.05, 3.63) is 48.0 Å². The van der Waals surface area contributed by atoms with Crippen molar-refractivity contribution in [3.63, 3.8) is 0 Å². The lowest BCUT2D eigenvalue weighted by Gasteiger charge is -2.29. The zero-order chi connectivity index (χ0) is 10.9. The van der Waals surface area contributed by atoms with Crippen molar-refractivity contribution in [1.29, 1.82) is 0 Å². The number of allylic oxidation sites excluding steroid dienone is 2. The first-order valence-corrected chi connectivity index (χ1v) is 5.36. The first kappa shape index (κ1) is 10.2. The van der Waals surface area contributed by atoms with Gasteiger partial charge in [-0.2, -0.15) is 0 Å². The molecule has 1 atom stereocenters. The molecule has 0 heterocycles. The molecule has 1 aromatic carbocycles. The second-order valence-corrected chi connectivity index (χ2v) is 4.89. The summed E-state index contributed by atoms with van der Waals surface area (Å²) in [5.74, 6) is 0.284. The first-order valence-electron chi connectivity index (χ1n) is 5.36. The predicted octanol–water partition coefficient (Wildman–Crippen LogP) is 3.33. The first-order chi connectivity index (χ1) is 7.08. The molecule has 2 rings (SSSR count). The fourth-order valence-electron chi connectivity index (χ4n) is 2.09. The fraction of sp³-hybridized carbons (Fsp3) is 0.357. The van der Waals surface area contributed by atoms with Gasteiger partial charge >= 0.3 is 0 Å². The maximum atomic E-state index is 11.8. The van der Waals surface area contributed by atoms with E-state index < -0.39 is 0 Å². The van der Waals surface area contributed by atoms with Crippen LogP contribution in [0.4, 0.5) is 0 Å². The van der Waals surface area contributed by atoms with Crippen LogP contribution in [0.3, 0.4) is 0 Å². The number of benzene rings is 1. The molecule has 1 aromatic rings. The fourth-order valence-corrected chi connectivity index (χ4v) is 2.09. The Morgan fingerprint density at radius 3 is 2.53 bits per heavy atom. The van der Waals surface area contributed by atoms with Crippen LogP contribution in [0.25, 0.3) is 0 Å². The van der Waals surface area contributed by atoms with Gasteiger partial charge in [-0.1, -0.05) is 50.3 Å². The van der Waals surface area contributed by atoms with E-state index in [1.54, 1.807) is 6.08 Å². The van der Waals surface area contributed by atoms with Crippen molar-refractivity contribution in [3.8, 4) is 0 Å². The largest absolute Gasteiger partial charge is 0.294 e. The van der Waals surface area contributed by atoms with Crippen molar-refractivity contribution in [2.24, 2.45) is 5.41 Å². The molecule has 0 saturated carbocycles. The van der Waals surface area contributed by atoms with Gasteiger partial charge in [-0.25, -0.2) is 0 Å². The van der Waals surface area contributed by atoms with Gasteiger partial charge in [0.1, 0.15) is 0 Å². The van der Waals surface area contributed by atoms with Crippen LogP contribution in [-0.2, 0) is 4.79 Å². The average Bonchev–Trinajstić information content (AvgIpc) is 2.23. The van der Waals surface area contributed by atoms with Crippen molar-refractivity contribution < 1.29 is 4.79 Å². The van der Waals surface area contributed by atoms with E-state index in [4.69, 9.17) is 0 Å². The highest BCUT2D eigenvalue weighted by molar-refractivity contribution is 5.96. The summed E-state index contributed by atoms with van der Waals surface area (Å²) in [4.78, 5) is 11.8. The van der Waals surface area contributed by atoms with Crippen LogP contribution in [0, 0.1) is 5.41 Å². The van der Waals surface area contributed by atoms with Gasteiger partial charge in [0.05, 0.1) is 0 Å². The molecule has 0 spiro atoms. The molecule has 0 fully saturated rings. The summed E-state index contributed by atoms with van der Waals surface area (Å²) in [6.07, 6.45) is 4.67. The highest BCUT2D eigenvalue weighted by atomic mass is 16.1. The zero-order valence-corrected chi connectivity index (χ0v) is 9.23. The Labute approximate surface area is 90.8 Å². The molecule has 0 amide bonds. The minimum atomic E-state index is 0.0474. The predicted molar refractivity (Wildman–Crippen MR) is 61.7 cm³/mol. The Morgan fingerprint density at radius 1 is 1.20 bits per heavy atom. The van der Waals surface area contributed by atoms with Gasteiger partial charge in [-0.05, 0) is 23.5 Å². The van der Waals surface area contributed by atoms with Gasteiger partial charge in [0.15, 0.2) is 5.78 Å². The molecular formula is C14H16O. The van der Waals surface area contributed by atoms with Gasteiger partial charge < -0.3 is 0 Å². The molecule has 1 aliphatic carbocycles. The zero-order valence-electron chi connectivity index (χ0n) is 9.23. The van der Waals surface area contributed by atoms with Crippen molar-refractivity contribution in [2.45, 2.75) is 26.2 Å². The monoisotopic (exact) mass is 200 g/mol. The number of rotatable bonds is 1. The van der Waals surface area contributed by atoms with E-state index in [1.165, 1.54) is 0 Å². The van der Waals surface area contributed by atoms with E-state index >= 15 is 0 Å². The molecule has 0 radical (unpaired) electrons.